The maximum Gasteiger partial charge on any atom is 0.271 e. The molecule has 1 aromatic heterocycles. The molecule has 0 atom stereocenters. The molecule has 1 fully saturated rings. The smallest absolute Gasteiger partial charge is 0.271 e. The van der Waals surface area contributed by atoms with E-state index >= 15 is 0 Å². The quantitative estimate of drug-likeness (QED) is 0.299. The van der Waals surface area contributed by atoms with Crippen LogP contribution < -0.4 is 20.1 Å². The number of methoxy groups -OCH3 is 2. The fourth-order valence-electron chi connectivity index (χ4n) is 4.71. The monoisotopic (exact) mass is 546 g/mol. The first-order chi connectivity index (χ1) is 17.4. The van der Waals surface area contributed by atoms with E-state index in [4.69, 9.17) is 15.2 Å². The topological polar surface area (TPSA) is 90.6 Å². The summed E-state index contributed by atoms with van der Waals surface area (Å²) in [7, 11) is 3.32. The predicted octanol–water partition coefficient (Wildman–Crippen LogP) is 5.83. The average Bonchev–Trinajstić information content (AvgIpc) is 3.73. The van der Waals surface area contributed by atoms with Gasteiger partial charge in [0, 0.05) is 33.6 Å². The van der Waals surface area contributed by atoms with Gasteiger partial charge in [0.2, 0.25) is 0 Å². The van der Waals surface area contributed by atoms with Gasteiger partial charge in [0.15, 0.2) is 5.69 Å². The molecule has 8 heteroatoms. The standard InChI is InChI=1S/C28H27BrN4O3/c1-4-33(19-8-9-19)27-21-10-5-17(14-23(21)31-32-26(27)28(30)34)22-13-16(6-12-24(22)35-2)20-11-7-18(29)15-25(20)36-3/h5-7,10-15,19H,4,8-9H2,1-3H3,(H2,30,34). The molecule has 1 heterocycles. The van der Waals surface area contributed by atoms with Crippen molar-refractivity contribution in [1.29, 1.82) is 0 Å². The maximum absolute atomic E-state index is 12.2. The zero-order chi connectivity index (χ0) is 25.4. The third-order valence-electron chi connectivity index (χ3n) is 6.57. The predicted molar refractivity (Wildman–Crippen MR) is 146 cm³/mol. The number of halogens is 1. The Morgan fingerprint density at radius 1 is 0.972 bits per heavy atom. The number of anilines is 1. The number of primary amides is 1. The highest BCUT2D eigenvalue weighted by Gasteiger charge is 2.32. The minimum Gasteiger partial charge on any atom is -0.496 e. The van der Waals surface area contributed by atoms with Crippen LogP contribution in [0.15, 0.2) is 59.1 Å². The third kappa shape index (κ3) is 4.37. The average molecular weight is 547 g/mol. The van der Waals surface area contributed by atoms with E-state index in [1.54, 1.807) is 14.2 Å². The van der Waals surface area contributed by atoms with Crippen molar-refractivity contribution in [3.05, 3.63) is 64.8 Å². The van der Waals surface area contributed by atoms with Gasteiger partial charge < -0.3 is 20.1 Å². The van der Waals surface area contributed by atoms with Gasteiger partial charge in [0.1, 0.15) is 11.5 Å². The van der Waals surface area contributed by atoms with Crippen molar-refractivity contribution >= 4 is 38.4 Å². The van der Waals surface area contributed by atoms with Crippen LogP contribution >= 0.6 is 15.9 Å². The molecule has 1 aliphatic rings. The highest BCUT2D eigenvalue weighted by molar-refractivity contribution is 9.10. The summed E-state index contributed by atoms with van der Waals surface area (Å²) in [5, 5.41) is 9.48. The number of amides is 1. The highest BCUT2D eigenvalue weighted by atomic mass is 79.9. The van der Waals surface area contributed by atoms with Crippen LogP contribution in [0.5, 0.6) is 11.5 Å². The van der Waals surface area contributed by atoms with Crippen LogP contribution in [-0.4, -0.2) is 42.9 Å². The summed E-state index contributed by atoms with van der Waals surface area (Å²) in [6, 6.07) is 18.4. The summed E-state index contributed by atoms with van der Waals surface area (Å²) in [4.78, 5) is 14.4. The molecule has 0 unspecified atom stereocenters. The Morgan fingerprint density at radius 3 is 2.36 bits per heavy atom. The first kappa shape index (κ1) is 24.1. The van der Waals surface area contributed by atoms with E-state index in [1.165, 1.54) is 0 Å². The second-order valence-electron chi connectivity index (χ2n) is 8.77. The molecule has 0 radical (unpaired) electrons. The first-order valence-corrected chi connectivity index (χ1v) is 12.6. The SMILES string of the molecule is CCN(c1c(C(N)=O)nnc2cc(-c3cc(-c4ccc(Br)cc4OC)ccc3OC)ccc12)C1CC1. The zero-order valence-corrected chi connectivity index (χ0v) is 22.0. The van der Waals surface area contributed by atoms with Crippen LogP contribution in [0.25, 0.3) is 33.2 Å². The molecule has 2 N–H and O–H groups in total. The van der Waals surface area contributed by atoms with E-state index in [0.717, 1.165) is 68.7 Å². The number of nitrogens with two attached hydrogens (primary N) is 1. The van der Waals surface area contributed by atoms with Crippen LogP contribution in [0.3, 0.4) is 0 Å². The lowest BCUT2D eigenvalue weighted by molar-refractivity contribution is 0.0995. The van der Waals surface area contributed by atoms with Gasteiger partial charge in [0.25, 0.3) is 5.91 Å². The van der Waals surface area contributed by atoms with Crippen molar-refractivity contribution in [2.75, 3.05) is 25.7 Å². The summed E-state index contributed by atoms with van der Waals surface area (Å²) in [5.74, 6) is 0.943. The lowest BCUT2D eigenvalue weighted by Gasteiger charge is -2.25. The van der Waals surface area contributed by atoms with Gasteiger partial charge in [-0.1, -0.05) is 28.1 Å². The molecule has 0 aliphatic heterocycles. The first-order valence-electron chi connectivity index (χ1n) is 11.8. The van der Waals surface area contributed by atoms with Crippen LogP contribution in [-0.2, 0) is 0 Å². The van der Waals surface area contributed by atoms with Crippen LogP contribution in [0.1, 0.15) is 30.3 Å². The van der Waals surface area contributed by atoms with Crippen molar-refractivity contribution in [2.45, 2.75) is 25.8 Å². The lowest BCUT2D eigenvalue weighted by atomic mass is 9.96. The third-order valence-corrected chi connectivity index (χ3v) is 7.06. The summed E-state index contributed by atoms with van der Waals surface area (Å²) in [6.07, 6.45) is 2.19. The summed E-state index contributed by atoms with van der Waals surface area (Å²) in [6.45, 7) is 2.84. The molecule has 0 spiro atoms. The molecule has 184 valence electrons. The van der Waals surface area contributed by atoms with Crippen molar-refractivity contribution in [3.63, 3.8) is 0 Å². The Morgan fingerprint density at radius 2 is 1.69 bits per heavy atom. The van der Waals surface area contributed by atoms with Crippen LogP contribution in [0, 0.1) is 0 Å². The van der Waals surface area contributed by atoms with Crippen molar-refractivity contribution in [2.24, 2.45) is 5.73 Å². The Kier molecular flexibility index (Phi) is 6.53. The molecule has 1 saturated carbocycles. The molecule has 1 aliphatic carbocycles. The molecule has 5 rings (SSSR count). The number of nitrogens with zero attached hydrogens (tertiary/aromatic N) is 3. The second kappa shape index (κ2) is 9.78. The van der Waals surface area contributed by atoms with Crippen molar-refractivity contribution in [3.8, 4) is 33.8 Å². The van der Waals surface area contributed by atoms with Crippen LogP contribution in [0.4, 0.5) is 5.69 Å². The Bertz CT molecular complexity index is 1470. The second-order valence-corrected chi connectivity index (χ2v) is 9.69. The fraction of sp³-hybridized carbons (Fsp3) is 0.250. The number of ether oxygens (including phenoxy) is 2. The molecule has 1 amide bonds. The number of hydrogen-bond acceptors (Lipinski definition) is 6. The minimum atomic E-state index is -0.569. The molecule has 0 saturated heterocycles. The van der Waals surface area contributed by atoms with E-state index in [1.807, 2.05) is 48.5 Å². The molecular formula is C28H27BrN4O3. The number of benzene rings is 3. The number of rotatable bonds is 8. The zero-order valence-electron chi connectivity index (χ0n) is 20.4. The van der Waals surface area contributed by atoms with Gasteiger partial charge in [-0.15, -0.1) is 10.2 Å². The number of carbonyl (C=O) groups excluding carboxylic acids is 1. The maximum atomic E-state index is 12.2. The summed E-state index contributed by atoms with van der Waals surface area (Å²) < 4.78 is 12.3. The molecule has 36 heavy (non-hydrogen) atoms. The van der Waals surface area contributed by atoms with Gasteiger partial charge in [-0.2, -0.15) is 0 Å². The number of fused-ring (bicyclic) bond motifs is 1. The number of aromatic nitrogens is 2. The van der Waals surface area contributed by atoms with E-state index in [2.05, 4.69) is 44.0 Å². The van der Waals surface area contributed by atoms with E-state index in [9.17, 15) is 4.79 Å². The molecule has 3 aromatic carbocycles. The van der Waals surface area contributed by atoms with Gasteiger partial charge in [-0.3, -0.25) is 4.79 Å². The Hall–Kier alpha value is -3.65. The molecular weight excluding hydrogens is 520 g/mol. The normalized spacial score (nSPS) is 13.0. The van der Waals surface area contributed by atoms with E-state index in [0.29, 0.717) is 11.6 Å². The summed E-state index contributed by atoms with van der Waals surface area (Å²) >= 11 is 3.51. The van der Waals surface area contributed by atoms with Crippen LogP contribution in [0.2, 0.25) is 0 Å². The largest absolute Gasteiger partial charge is 0.496 e. The fourth-order valence-corrected chi connectivity index (χ4v) is 5.05. The van der Waals surface area contributed by atoms with E-state index in [-0.39, 0.29) is 5.69 Å². The Labute approximate surface area is 218 Å². The van der Waals surface area contributed by atoms with Crippen molar-refractivity contribution in [1.82, 2.24) is 10.2 Å². The van der Waals surface area contributed by atoms with Crippen molar-refractivity contribution < 1.29 is 14.3 Å². The minimum absolute atomic E-state index is 0.214. The summed E-state index contributed by atoms with van der Waals surface area (Å²) in [5.41, 5.74) is 11.2. The van der Waals surface area contributed by atoms with E-state index < -0.39 is 5.91 Å². The number of carbonyl (C=O) groups is 1. The number of hydrogen-bond donors (Lipinski definition) is 1. The van der Waals surface area contributed by atoms with Gasteiger partial charge in [0.05, 0.1) is 25.4 Å². The molecule has 7 nitrogen and oxygen atoms in total. The van der Waals surface area contributed by atoms with Gasteiger partial charge in [-0.25, -0.2) is 0 Å². The van der Waals surface area contributed by atoms with Gasteiger partial charge >= 0.3 is 0 Å². The highest BCUT2D eigenvalue weighted by Crippen LogP contribution is 2.41. The molecule has 0 bridgehead atoms. The Balaban J connectivity index is 1.66. The molecule has 4 aromatic rings. The lowest BCUT2D eigenvalue weighted by Crippen LogP contribution is -2.29. The van der Waals surface area contributed by atoms with Gasteiger partial charge in [-0.05, 0) is 73.4 Å².